The van der Waals surface area contributed by atoms with Gasteiger partial charge in [-0.1, -0.05) is 12.1 Å². The Bertz CT molecular complexity index is 213. The maximum Gasteiger partial charge on any atom is 1.00 e. The van der Waals surface area contributed by atoms with E-state index in [0.717, 1.165) is 6.42 Å². The topological polar surface area (TPSA) is 63.1 Å². The number of rotatable bonds is 5. The zero-order chi connectivity index (χ0) is 9.61. The molecule has 8 heteroatoms. The summed E-state index contributed by atoms with van der Waals surface area (Å²) in [6.45, 7) is 0.149. The Morgan fingerprint density at radius 1 is 1.62 bits per heavy atom. The van der Waals surface area contributed by atoms with E-state index in [1.807, 2.05) is 6.92 Å². The van der Waals surface area contributed by atoms with E-state index < -0.39 is 6.72 Å². The van der Waals surface area contributed by atoms with E-state index in [4.69, 9.17) is 0 Å². The fraction of sp³-hybridized carbons (Fsp3) is 0.800. The molecule has 0 aliphatic heterocycles. The molecule has 0 aliphatic rings. The van der Waals surface area contributed by atoms with E-state index in [0.29, 0.717) is 5.71 Å². The molecular weight excluding hydrogens is 240 g/mol. The molecule has 0 N–H and O–H groups in total. The Balaban J connectivity index is 0. The maximum absolute atomic E-state index is 10.8. The zero-order valence-electron chi connectivity index (χ0n) is 8.14. The van der Waals surface area contributed by atoms with Crippen LogP contribution in [0.2, 0.25) is 0 Å². The third kappa shape index (κ3) is 9.93. The second-order valence-electron chi connectivity index (χ2n) is 1.96. The molecule has 0 rings (SSSR count). The van der Waals surface area contributed by atoms with Crippen LogP contribution in [-0.2, 0) is 26.0 Å². The predicted octanol–water partition coefficient (Wildman–Crippen LogP) is -2.04. The first-order valence-electron chi connectivity index (χ1n) is 3.27. The van der Waals surface area contributed by atoms with Crippen molar-refractivity contribution in [3.05, 3.63) is 0 Å². The summed E-state index contributed by atoms with van der Waals surface area (Å²) in [5.41, 5.74) is 0.709. The molecule has 0 fully saturated rings. The molecule has 0 aromatic heterocycles. The summed E-state index contributed by atoms with van der Waals surface area (Å²) in [4.78, 5) is 15.1. The number of hydrogen-bond acceptors (Lipinski definition) is 6. The van der Waals surface area contributed by atoms with E-state index >= 15 is 0 Å². The molecule has 0 bridgehead atoms. The molecule has 1 atom stereocenters. The van der Waals surface area contributed by atoms with Crippen molar-refractivity contribution in [2.75, 3.05) is 7.11 Å². The van der Waals surface area contributed by atoms with Crippen molar-refractivity contribution in [3.63, 3.8) is 0 Å². The summed E-state index contributed by atoms with van der Waals surface area (Å²) >= 11 is 4.35. The average Bonchev–Trinajstić information content (AvgIpc) is 2.04. The van der Waals surface area contributed by atoms with Gasteiger partial charge >= 0.3 is 51.4 Å². The molecule has 0 aromatic rings. The summed E-state index contributed by atoms with van der Waals surface area (Å²) < 4.78 is 8.52. The Hall–Kier alpha value is 1.64. The van der Waals surface area contributed by atoms with Crippen LogP contribution in [0.1, 0.15) is 20.3 Å². The number of oxime groups is 1. The van der Waals surface area contributed by atoms with Crippen LogP contribution in [0.5, 0.6) is 0 Å². The fourth-order valence-corrected chi connectivity index (χ4v) is 0.474. The molecule has 0 aromatic carbocycles. The molecule has 1 unspecified atom stereocenters. The molecule has 0 radical (unpaired) electrons. The van der Waals surface area contributed by atoms with Crippen molar-refractivity contribution in [1.29, 1.82) is 0 Å². The zero-order valence-corrected chi connectivity index (χ0v) is 13.0. The second-order valence-corrected chi connectivity index (χ2v) is 4.71. The first-order chi connectivity index (χ1) is 5.52. The maximum atomic E-state index is 10.8. The smallest absolute Gasteiger partial charge is 0.777 e. The predicted molar refractivity (Wildman–Crippen MR) is 46.9 cm³/mol. The quantitative estimate of drug-likeness (QED) is 0.185. The van der Waals surface area contributed by atoms with E-state index in [9.17, 15) is 4.89 Å². The van der Waals surface area contributed by atoms with E-state index in [1.54, 1.807) is 6.92 Å². The van der Waals surface area contributed by atoms with Crippen molar-refractivity contribution in [2.24, 2.45) is 5.16 Å². The number of nitrogens with zero attached hydrogens (tertiary/aromatic N) is 1. The van der Waals surface area contributed by atoms with E-state index in [1.165, 1.54) is 7.11 Å². The van der Waals surface area contributed by atoms with Gasteiger partial charge in [-0.05, 0) is 25.2 Å². The summed E-state index contributed by atoms with van der Waals surface area (Å²) in [6, 6.07) is 0. The van der Waals surface area contributed by atoms with Crippen LogP contribution in [0.4, 0.5) is 0 Å². The minimum Gasteiger partial charge on any atom is -0.777 e. The van der Waals surface area contributed by atoms with E-state index in [-0.39, 0.29) is 51.4 Å². The fourth-order valence-electron chi connectivity index (χ4n) is 0.216. The van der Waals surface area contributed by atoms with Gasteiger partial charge < -0.3 is 9.42 Å². The first kappa shape index (κ1) is 17.0. The van der Waals surface area contributed by atoms with Crippen LogP contribution in [0, 0.1) is 0 Å². The molecular formula is C5H11KNO4PS. The second kappa shape index (κ2) is 8.91. The van der Waals surface area contributed by atoms with Gasteiger partial charge in [-0.25, -0.2) is 4.99 Å². The van der Waals surface area contributed by atoms with Gasteiger partial charge in [0.05, 0.1) is 5.71 Å². The molecule has 0 aliphatic carbocycles. The third-order valence-electron chi connectivity index (χ3n) is 1.05. The van der Waals surface area contributed by atoms with E-state index in [2.05, 4.69) is 31.1 Å². The van der Waals surface area contributed by atoms with Gasteiger partial charge in [0.25, 0.3) is 0 Å². The minimum atomic E-state index is -3.49. The normalized spacial score (nSPS) is 15.8. The van der Waals surface area contributed by atoms with Crippen molar-refractivity contribution >= 4 is 24.2 Å². The molecule has 13 heavy (non-hydrogen) atoms. The van der Waals surface area contributed by atoms with Crippen LogP contribution < -0.4 is 56.3 Å². The largest absolute Gasteiger partial charge is 1.00 e. The van der Waals surface area contributed by atoms with Crippen molar-refractivity contribution in [2.45, 2.75) is 20.3 Å². The first-order valence-corrected chi connectivity index (χ1v) is 5.83. The molecule has 0 spiro atoms. The monoisotopic (exact) mass is 251 g/mol. The summed E-state index contributed by atoms with van der Waals surface area (Å²) in [5.74, 6) is 0. The summed E-state index contributed by atoms with van der Waals surface area (Å²) in [5, 5.41) is 3.45. The van der Waals surface area contributed by atoms with Crippen LogP contribution in [0.15, 0.2) is 5.16 Å². The summed E-state index contributed by atoms with van der Waals surface area (Å²) in [6.07, 6.45) is 0.720. The Morgan fingerprint density at radius 2 is 2.15 bits per heavy atom. The van der Waals surface area contributed by atoms with Gasteiger partial charge in [0, 0.05) is 7.11 Å². The Morgan fingerprint density at radius 3 is 2.54 bits per heavy atom. The molecule has 0 saturated carbocycles. The van der Waals surface area contributed by atoms with Crippen LogP contribution in [0.3, 0.4) is 0 Å². The summed E-state index contributed by atoms with van der Waals surface area (Å²) in [7, 11) is 1.17. The van der Waals surface area contributed by atoms with Crippen molar-refractivity contribution in [3.8, 4) is 0 Å². The third-order valence-corrected chi connectivity index (χ3v) is 2.38. The Kier molecular flexibility index (Phi) is 11.7. The van der Waals surface area contributed by atoms with Crippen molar-refractivity contribution < 1.29 is 70.5 Å². The van der Waals surface area contributed by atoms with Gasteiger partial charge in [-0.3, -0.25) is 0 Å². The van der Waals surface area contributed by atoms with Crippen LogP contribution >= 0.6 is 6.72 Å². The molecule has 72 valence electrons. The van der Waals surface area contributed by atoms with Gasteiger partial charge in [-0.2, -0.15) is 0 Å². The van der Waals surface area contributed by atoms with Gasteiger partial charge in [-0.15, -0.1) is 4.67 Å². The minimum absolute atomic E-state index is 0. The van der Waals surface area contributed by atoms with Gasteiger partial charge in [0.1, 0.15) is 0 Å². The SMILES string of the molecule is CCC(C)=NOOP([O-])(=S)OC.[K+]. The Labute approximate surface area is 125 Å². The number of hydrogen-bond donors (Lipinski definition) is 0. The standard InChI is InChI=1S/C5H12NO4PS.K/c1-4-5(2)6-9-10-11(7,12)8-3;/h4H2,1-3H3,(H,7,12);/q;+1/p-1. The molecule has 0 saturated heterocycles. The van der Waals surface area contributed by atoms with Crippen LogP contribution in [0.25, 0.3) is 0 Å². The van der Waals surface area contributed by atoms with Crippen LogP contribution in [-0.4, -0.2) is 12.8 Å². The van der Waals surface area contributed by atoms with Crippen molar-refractivity contribution in [1.82, 2.24) is 0 Å². The molecule has 5 nitrogen and oxygen atoms in total. The van der Waals surface area contributed by atoms with Gasteiger partial charge in [0.15, 0.2) is 6.72 Å². The van der Waals surface area contributed by atoms with Gasteiger partial charge in [0.2, 0.25) is 0 Å². The molecule has 0 amide bonds. The molecule has 0 heterocycles. The average molecular weight is 251 g/mol.